The van der Waals surface area contributed by atoms with E-state index in [9.17, 15) is 19.6 Å². The van der Waals surface area contributed by atoms with E-state index < -0.39 is 19.1 Å². The molecule has 218 valence electrons. The number of carbonyl (C=O) groups excluding carboxylic acids is 2. The number of hydrogen-bond donors (Lipinski definition) is 6. The third-order valence-electron chi connectivity index (χ3n) is 7.04. The first-order valence-corrected chi connectivity index (χ1v) is 14.0. The second-order valence-electron chi connectivity index (χ2n) is 10.0. The normalized spacial score (nSPS) is 19.2. The van der Waals surface area contributed by atoms with Crippen LogP contribution in [0.4, 0.5) is 11.4 Å². The fourth-order valence-corrected chi connectivity index (χ4v) is 5.26. The third kappa shape index (κ3) is 6.58. The molecule has 11 nitrogen and oxygen atoms in total. The molecule has 0 aliphatic carbocycles. The van der Waals surface area contributed by atoms with E-state index >= 15 is 0 Å². The maximum atomic E-state index is 12.7. The Morgan fingerprint density at radius 1 is 1.07 bits per heavy atom. The van der Waals surface area contributed by atoms with Crippen LogP contribution in [0.3, 0.4) is 0 Å². The highest BCUT2D eigenvalue weighted by molar-refractivity contribution is 6.58. The number of nitrogens with zero attached hydrogens (tertiary/aromatic N) is 2. The highest BCUT2D eigenvalue weighted by Crippen LogP contribution is 2.36. The molecule has 2 aliphatic heterocycles. The van der Waals surface area contributed by atoms with Gasteiger partial charge in [-0.2, -0.15) is 0 Å². The van der Waals surface area contributed by atoms with Gasteiger partial charge in [-0.15, -0.1) is 0 Å². The van der Waals surface area contributed by atoms with Gasteiger partial charge in [-0.3, -0.25) is 14.6 Å². The Bertz CT molecular complexity index is 1490. The highest BCUT2D eigenvalue weighted by Gasteiger charge is 2.40. The van der Waals surface area contributed by atoms with Crippen LogP contribution in [-0.2, 0) is 9.59 Å². The van der Waals surface area contributed by atoms with Crippen molar-refractivity contribution < 1.29 is 24.4 Å². The minimum Gasteiger partial charge on any atom is -0.484 e. The van der Waals surface area contributed by atoms with Crippen LogP contribution >= 0.6 is 11.6 Å². The smallest absolute Gasteiger partial charge is 0.484 e. The molecule has 2 amide bonds. The Kier molecular flexibility index (Phi) is 9.10. The molecular weight excluding hydrogens is 559 g/mol. The number of rotatable bonds is 9. The minimum absolute atomic E-state index is 0.0944. The Morgan fingerprint density at radius 3 is 2.60 bits per heavy atom. The van der Waals surface area contributed by atoms with Crippen molar-refractivity contribution in [2.75, 3.05) is 23.4 Å². The van der Waals surface area contributed by atoms with E-state index in [1.807, 2.05) is 38.1 Å². The summed E-state index contributed by atoms with van der Waals surface area (Å²) >= 11 is 6.19. The van der Waals surface area contributed by atoms with Crippen LogP contribution in [0.5, 0.6) is 5.75 Å². The molecule has 6 N–H and O–H groups in total. The Morgan fingerprint density at radius 2 is 1.86 bits per heavy atom. The molecule has 0 saturated carbocycles. The van der Waals surface area contributed by atoms with Gasteiger partial charge in [-0.1, -0.05) is 35.9 Å². The van der Waals surface area contributed by atoms with Gasteiger partial charge in [0, 0.05) is 34.1 Å². The lowest BCUT2D eigenvalue weighted by Gasteiger charge is -2.31. The van der Waals surface area contributed by atoms with Gasteiger partial charge < -0.3 is 30.3 Å². The molecule has 1 fully saturated rings. The van der Waals surface area contributed by atoms with Crippen LogP contribution in [0.1, 0.15) is 31.4 Å². The van der Waals surface area contributed by atoms with Crippen LogP contribution in [0, 0.1) is 0 Å². The zero-order valence-electron chi connectivity index (χ0n) is 23.2. The van der Waals surface area contributed by atoms with Crippen molar-refractivity contribution in [2.24, 2.45) is 4.99 Å². The lowest BCUT2D eigenvalue weighted by molar-refractivity contribution is -0.121. The van der Waals surface area contributed by atoms with Crippen molar-refractivity contribution in [1.29, 1.82) is 0 Å². The molecule has 0 spiro atoms. The summed E-state index contributed by atoms with van der Waals surface area (Å²) < 4.78 is 5.89. The lowest BCUT2D eigenvalue weighted by atomic mass is 9.80. The van der Waals surface area contributed by atoms with Crippen molar-refractivity contribution >= 4 is 53.1 Å². The molecule has 42 heavy (non-hydrogen) atoms. The van der Waals surface area contributed by atoms with Gasteiger partial charge >= 0.3 is 7.12 Å². The molecule has 13 heteroatoms. The number of benzene rings is 3. The van der Waals surface area contributed by atoms with Gasteiger partial charge in [0.2, 0.25) is 5.91 Å². The first-order chi connectivity index (χ1) is 20.2. The van der Waals surface area contributed by atoms with Crippen LogP contribution < -0.4 is 36.6 Å². The first-order valence-electron chi connectivity index (χ1n) is 13.7. The van der Waals surface area contributed by atoms with Crippen LogP contribution in [0.15, 0.2) is 71.7 Å². The summed E-state index contributed by atoms with van der Waals surface area (Å²) in [5.41, 5.74) is 10.4. The van der Waals surface area contributed by atoms with Gasteiger partial charge in [0.05, 0.1) is 24.3 Å². The maximum absolute atomic E-state index is 12.7. The predicted octanol–water partition coefficient (Wildman–Crippen LogP) is 1.37. The fourth-order valence-electron chi connectivity index (χ4n) is 5.13. The number of ether oxygens (including phenoxy) is 1. The van der Waals surface area contributed by atoms with Gasteiger partial charge in [0.15, 0.2) is 6.61 Å². The largest absolute Gasteiger partial charge is 0.488 e. The van der Waals surface area contributed by atoms with Crippen molar-refractivity contribution in [3.8, 4) is 5.75 Å². The number of anilines is 2. The average molecular weight is 591 g/mol. The second-order valence-corrected chi connectivity index (χ2v) is 10.5. The molecule has 0 radical (unpaired) electrons. The minimum atomic E-state index is -1.64. The molecule has 3 atom stereocenters. The van der Waals surface area contributed by atoms with E-state index in [1.54, 1.807) is 36.4 Å². The number of fused-ring (bicyclic) bond motifs is 3. The standard InChI is InChI=1S/C29H32BClN6O5/c1-3-32-26(38)15-24-29-36-35-17(2)37(29)25-12-11-22(14-23(25)28(34-24)18-7-9-20(31)10-8-18)42-16-27(39)33-21-6-4-5-19(13-21)30(40)41/h4-14,17,24,29,35-36,40-41H,3,15-16H2,1-2H3,(H,32,38)(H,33,39)/t17?,24-,29?/m0/s1. The van der Waals surface area contributed by atoms with Crippen LogP contribution in [0.25, 0.3) is 0 Å². The second kappa shape index (κ2) is 12.9. The summed E-state index contributed by atoms with van der Waals surface area (Å²) in [6.45, 7) is 4.15. The summed E-state index contributed by atoms with van der Waals surface area (Å²) in [6.07, 6.45) is -0.215. The predicted molar refractivity (Wildman–Crippen MR) is 163 cm³/mol. The van der Waals surface area contributed by atoms with Crippen molar-refractivity contribution in [1.82, 2.24) is 16.2 Å². The summed E-state index contributed by atoms with van der Waals surface area (Å²) in [6, 6.07) is 18.8. The number of hydrazine groups is 1. The molecule has 3 aromatic carbocycles. The maximum Gasteiger partial charge on any atom is 0.488 e. The molecule has 0 bridgehead atoms. The number of nitrogens with one attached hydrogen (secondary N) is 4. The first kappa shape index (κ1) is 29.6. The number of halogens is 1. The van der Waals surface area contributed by atoms with Crippen molar-refractivity contribution in [3.05, 3.63) is 82.9 Å². The number of amides is 2. The van der Waals surface area contributed by atoms with Crippen LogP contribution in [-0.4, -0.2) is 66.2 Å². The number of hydrogen-bond acceptors (Lipinski definition) is 9. The van der Waals surface area contributed by atoms with Gasteiger partial charge in [0.1, 0.15) is 11.9 Å². The summed E-state index contributed by atoms with van der Waals surface area (Å²) in [5.74, 6) is -0.0515. The van der Waals surface area contributed by atoms with Gasteiger partial charge in [-0.05, 0) is 61.8 Å². The van der Waals surface area contributed by atoms with Gasteiger partial charge in [0.25, 0.3) is 5.91 Å². The fraction of sp³-hybridized carbons (Fsp3) is 0.276. The summed E-state index contributed by atoms with van der Waals surface area (Å²) in [5, 5.41) is 25.0. The van der Waals surface area contributed by atoms with Crippen molar-refractivity contribution in [2.45, 2.75) is 38.6 Å². The molecule has 3 aromatic rings. The number of carbonyl (C=O) groups is 2. The zero-order valence-corrected chi connectivity index (χ0v) is 23.9. The summed E-state index contributed by atoms with van der Waals surface area (Å²) in [4.78, 5) is 32.6. The molecule has 2 heterocycles. The number of aliphatic imine (C=N–C) groups is 1. The molecule has 2 aliphatic rings. The van der Waals surface area contributed by atoms with E-state index in [2.05, 4.69) is 26.4 Å². The topological polar surface area (TPSA) is 148 Å². The quantitative estimate of drug-likeness (QED) is 0.205. The SMILES string of the molecule is CCNC(=O)C[C@@H]1N=C(c2ccc(Cl)cc2)c2cc(OCC(=O)Nc3cccc(B(O)O)c3)ccc2N2C(C)NNC12. The highest BCUT2D eigenvalue weighted by atomic mass is 35.5. The lowest BCUT2D eigenvalue weighted by Crippen LogP contribution is -2.47. The van der Waals surface area contributed by atoms with E-state index in [0.29, 0.717) is 28.7 Å². The third-order valence-corrected chi connectivity index (χ3v) is 7.29. The van der Waals surface area contributed by atoms with Crippen molar-refractivity contribution in [3.63, 3.8) is 0 Å². The zero-order chi connectivity index (χ0) is 29.8. The van der Waals surface area contributed by atoms with E-state index in [-0.39, 0.29) is 36.7 Å². The molecule has 5 rings (SSSR count). The summed E-state index contributed by atoms with van der Waals surface area (Å²) in [7, 11) is -1.64. The van der Waals surface area contributed by atoms with Crippen LogP contribution in [0.2, 0.25) is 5.02 Å². The monoisotopic (exact) mass is 590 g/mol. The molecule has 2 unspecified atom stereocenters. The Hall–Kier alpha value is -3.94. The Labute approximate surface area is 249 Å². The Balaban J connectivity index is 1.46. The molecule has 0 aromatic heterocycles. The van der Waals surface area contributed by atoms with E-state index in [0.717, 1.165) is 16.8 Å². The molecule has 1 saturated heterocycles. The van der Waals surface area contributed by atoms with E-state index in [1.165, 1.54) is 6.07 Å². The average Bonchev–Trinajstić information content (AvgIpc) is 3.29. The van der Waals surface area contributed by atoms with Gasteiger partial charge in [-0.25, -0.2) is 10.9 Å². The molecular formula is C29H32BClN6O5. The van der Waals surface area contributed by atoms with E-state index in [4.69, 9.17) is 21.3 Å².